The number of rotatable bonds is 9. The first-order chi connectivity index (χ1) is 16.4. The van der Waals surface area contributed by atoms with Crippen LogP contribution < -0.4 is 5.32 Å². The summed E-state index contributed by atoms with van der Waals surface area (Å²) in [7, 11) is 2.78. The molecule has 2 aromatic carbocycles. The lowest BCUT2D eigenvalue weighted by Crippen LogP contribution is -2.46. The normalized spacial score (nSPS) is 11.5. The lowest BCUT2D eigenvalue weighted by molar-refractivity contribution is -0.148. The largest absolute Gasteiger partial charge is 0.469 e. The second-order valence-corrected chi connectivity index (χ2v) is 8.08. The molecule has 0 unspecified atom stereocenters. The van der Waals surface area contributed by atoms with Crippen molar-refractivity contribution in [2.45, 2.75) is 25.4 Å². The fourth-order valence-corrected chi connectivity index (χ4v) is 3.50. The first kappa shape index (κ1) is 25.0. The van der Waals surface area contributed by atoms with Gasteiger partial charge in [0.1, 0.15) is 6.61 Å². The van der Waals surface area contributed by atoms with Crippen LogP contribution >= 0.6 is 11.6 Å². The highest BCUT2D eigenvalue weighted by molar-refractivity contribution is 6.31. The van der Waals surface area contributed by atoms with E-state index in [0.717, 1.165) is 16.3 Å². The van der Waals surface area contributed by atoms with Gasteiger partial charge in [-0.1, -0.05) is 54.1 Å². The highest BCUT2D eigenvalue weighted by Gasteiger charge is 2.25. The molecule has 0 aliphatic heterocycles. The number of likely N-dealkylation sites (N-methyl/N-ethyl adjacent to an activating group) is 1. The smallest absolute Gasteiger partial charge is 0.317 e. The average Bonchev–Trinajstić information content (AvgIpc) is 2.85. The summed E-state index contributed by atoms with van der Waals surface area (Å²) in [6, 6.07) is 15.5. The minimum absolute atomic E-state index is 0.0296. The van der Waals surface area contributed by atoms with E-state index in [2.05, 4.69) is 10.3 Å². The van der Waals surface area contributed by atoms with E-state index < -0.39 is 24.0 Å². The van der Waals surface area contributed by atoms with Crippen molar-refractivity contribution in [3.63, 3.8) is 0 Å². The van der Waals surface area contributed by atoms with Gasteiger partial charge in [-0.25, -0.2) is 4.79 Å². The molecule has 2 amide bonds. The highest BCUT2D eigenvalue weighted by Crippen LogP contribution is 2.16. The van der Waals surface area contributed by atoms with Crippen molar-refractivity contribution >= 4 is 40.3 Å². The molecule has 0 saturated heterocycles. The van der Waals surface area contributed by atoms with Gasteiger partial charge >= 0.3 is 18.0 Å². The van der Waals surface area contributed by atoms with Gasteiger partial charge < -0.3 is 19.7 Å². The Hall–Kier alpha value is -3.65. The van der Waals surface area contributed by atoms with Crippen molar-refractivity contribution in [1.82, 2.24) is 15.2 Å². The Kier molecular flexibility index (Phi) is 8.81. The van der Waals surface area contributed by atoms with Crippen LogP contribution in [0.25, 0.3) is 10.8 Å². The minimum atomic E-state index is -0.716. The number of benzene rings is 2. The predicted molar refractivity (Wildman–Crippen MR) is 128 cm³/mol. The second kappa shape index (κ2) is 12.0. The Labute approximate surface area is 202 Å². The summed E-state index contributed by atoms with van der Waals surface area (Å²) in [6.07, 6.45) is 1.54. The number of amides is 2. The topological polar surface area (TPSA) is 97.8 Å². The molecule has 1 aromatic heterocycles. The average molecular weight is 484 g/mol. The van der Waals surface area contributed by atoms with Gasteiger partial charge in [-0.3, -0.25) is 14.6 Å². The molecule has 1 heterocycles. The van der Waals surface area contributed by atoms with Crippen molar-refractivity contribution in [1.29, 1.82) is 0 Å². The number of hydrogen-bond donors (Lipinski definition) is 1. The quantitative estimate of drug-likeness (QED) is 0.465. The van der Waals surface area contributed by atoms with Crippen LogP contribution in [0.4, 0.5) is 4.79 Å². The van der Waals surface area contributed by atoms with Crippen molar-refractivity contribution in [2.75, 3.05) is 20.8 Å². The van der Waals surface area contributed by atoms with Gasteiger partial charge in [0.05, 0.1) is 31.7 Å². The van der Waals surface area contributed by atoms with Gasteiger partial charge in [-0.2, -0.15) is 0 Å². The number of carbonyl (C=O) groups is 3. The van der Waals surface area contributed by atoms with Crippen LogP contribution in [0, 0.1) is 0 Å². The van der Waals surface area contributed by atoms with Crippen LogP contribution in [-0.2, 0) is 32.0 Å². The van der Waals surface area contributed by atoms with E-state index in [1.165, 1.54) is 19.1 Å². The fraction of sp³-hybridized carbons (Fsp3) is 0.280. The van der Waals surface area contributed by atoms with E-state index in [9.17, 15) is 14.4 Å². The van der Waals surface area contributed by atoms with Crippen LogP contribution in [0.15, 0.2) is 60.8 Å². The van der Waals surface area contributed by atoms with Gasteiger partial charge in [-0.05, 0) is 23.1 Å². The SMILES string of the molecule is COC(=O)C[C@@H](COC(=O)Cc1cc2ccccc2cn1)N(C)C(=O)NCc1ccccc1Cl. The number of carbonyl (C=O) groups excluding carboxylic acids is 3. The zero-order chi connectivity index (χ0) is 24.5. The van der Waals surface area contributed by atoms with Crippen LogP contribution in [0.1, 0.15) is 17.7 Å². The monoisotopic (exact) mass is 483 g/mol. The maximum Gasteiger partial charge on any atom is 0.317 e. The first-order valence-electron chi connectivity index (χ1n) is 10.7. The summed E-state index contributed by atoms with van der Waals surface area (Å²) in [5.74, 6) is -1.04. The van der Waals surface area contributed by atoms with Gasteiger partial charge in [0.25, 0.3) is 0 Å². The number of pyridine rings is 1. The Morgan fingerprint density at radius 1 is 1.06 bits per heavy atom. The van der Waals surface area contributed by atoms with Crippen molar-refractivity contribution in [3.05, 3.63) is 77.1 Å². The van der Waals surface area contributed by atoms with Crippen molar-refractivity contribution in [2.24, 2.45) is 0 Å². The summed E-state index contributed by atoms with van der Waals surface area (Å²) in [4.78, 5) is 42.6. The Balaban J connectivity index is 1.59. The maximum absolute atomic E-state index is 12.7. The number of fused-ring (bicyclic) bond motifs is 1. The lowest BCUT2D eigenvalue weighted by atomic mass is 10.1. The molecule has 3 aromatic rings. The van der Waals surface area contributed by atoms with Crippen LogP contribution in [0.2, 0.25) is 5.02 Å². The molecule has 3 rings (SSSR count). The lowest BCUT2D eigenvalue weighted by Gasteiger charge is -2.27. The molecule has 0 spiro atoms. The third-order valence-electron chi connectivity index (χ3n) is 5.34. The zero-order valence-electron chi connectivity index (χ0n) is 19.0. The van der Waals surface area contributed by atoms with Gasteiger partial charge in [0.2, 0.25) is 0 Å². The third kappa shape index (κ3) is 6.92. The number of halogens is 1. The molecule has 0 fully saturated rings. The molecule has 0 aliphatic carbocycles. The number of esters is 2. The number of urea groups is 1. The Bertz CT molecular complexity index is 1170. The standard InChI is InChI=1S/C25H26ClN3O5/c1-29(25(32)28-15-19-9-5-6-10-22(19)26)21(13-23(30)33-2)16-34-24(31)12-20-11-17-7-3-4-8-18(17)14-27-20/h3-11,14,21H,12-13,15-16H2,1-2H3,(H,28,32)/t21-/m0/s1. The summed E-state index contributed by atoms with van der Waals surface area (Å²) in [6.45, 7) is 0.0404. The van der Waals surface area contributed by atoms with Crippen molar-refractivity contribution < 1.29 is 23.9 Å². The number of aromatic nitrogens is 1. The van der Waals surface area contributed by atoms with Crippen LogP contribution in [-0.4, -0.2) is 54.7 Å². The molecule has 178 valence electrons. The molecule has 34 heavy (non-hydrogen) atoms. The highest BCUT2D eigenvalue weighted by atomic mass is 35.5. The van der Waals surface area contributed by atoms with E-state index in [-0.39, 0.29) is 26.0 Å². The fourth-order valence-electron chi connectivity index (χ4n) is 3.30. The van der Waals surface area contributed by atoms with Gasteiger partial charge in [0, 0.05) is 30.2 Å². The van der Waals surface area contributed by atoms with Crippen molar-refractivity contribution in [3.8, 4) is 0 Å². The molecule has 8 nitrogen and oxygen atoms in total. The molecule has 0 saturated carbocycles. The molecule has 0 aliphatic rings. The maximum atomic E-state index is 12.7. The van der Waals surface area contributed by atoms with Gasteiger partial charge in [-0.15, -0.1) is 0 Å². The molecular formula is C25H26ClN3O5. The molecule has 1 atom stereocenters. The number of nitrogens with zero attached hydrogens (tertiary/aromatic N) is 2. The summed E-state index contributed by atoms with van der Waals surface area (Å²) in [5, 5.41) is 5.24. The molecular weight excluding hydrogens is 458 g/mol. The van der Waals surface area contributed by atoms with E-state index in [4.69, 9.17) is 21.1 Å². The Morgan fingerprint density at radius 2 is 1.76 bits per heavy atom. The van der Waals surface area contributed by atoms with E-state index in [1.807, 2.05) is 36.4 Å². The molecule has 0 bridgehead atoms. The molecule has 1 N–H and O–H groups in total. The third-order valence-corrected chi connectivity index (χ3v) is 5.70. The van der Waals surface area contributed by atoms with E-state index >= 15 is 0 Å². The first-order valence-corrected chi connectivity index (χ1v) is 11.1. The number of nitrogens with one attached hydrogen (secondary N) is 1. The minimum Gasteiger partial charge on any atom is -0.469 e. The zero-order valence-corrected chi connectivity index (χ0v) is 19.7. The van der Waals surface area contributed by atoms with E-state index in [0.29, 0.717) is 10.7 Å². The summed E-state index contributed by atoms with van der Waals surface area (Å²) in [5.41, 5.74) is 1.32. The number of ether oxygens (including phenoxy) is 2. The van der Waals surface area contributed by atoms with E-state index in [1.54, 1.807) is 24.4 Å². The Morgan fingerprint density at radius 3 is 2.50 bits per heavy atom. The second-order valence-electron chi connectivity index (χ2n) is 7.68. The number of hydrogen-bond acceptors (Lipinski definition) is 6. The molecule has 9 heteroatoms. The predicted octanol–water partition coefficient (Wildman–Crippen LogP) is 3.75. The number of methoxy groups -OCH3 is 1. The van der Waals surface area contributed by atoms with Gasteiger partial charge in [0.15, 0.2) is 0 Å². The van der Waals surface area contributed by atoms with Crippen LogP contribution in [0.3, 0.4) is 0 Å². The summed E-state index contributed by atoms with van der Waals surface area (Å²) >= 11 is 6.13. The molecule has 0 radical (unpaired) electrons. The van der Waals surface area contributed by atoms with Crippen LogP contribution in [0.5, 0.6) is 0 Å². The summed E-state index contributed by atoms with van der Waals surface area (Å²) < 4.78 is 10.1.